The van der Waals surface area contributed by atoms with Crippen molar-refractivity contribution in [1.29, 1.82) is 0 Å². The van der Waals surface area contributed by atoms with E-state index in [4.69, 9.17) is 0 Å². The molecule has 5 rings (SSSR count). The second kappa shape index (κ2) is 4.11. The van der Waals surface area contributed by atoms with E-state index in [1.165, 1.54) is 17.7 Å². The fourth-order valence-corrected chi connectivity index (χ4v) is 4.81. The minimum atomic E-state index is 0.547. The third-order valence-corrected chi connectivity index (χ3v) is 5.71. The molecule has 0 saturated carbocycles. The van der Waals surface area contributed by atoms with Crippen molar-refractivity contribution in [3.63, 3.8) is 0 Å². The van der Waals surface area contributed by atoms with Gasteiger partial charge in [-0.2, -0.15) is 0 Å². The lowest BCUT2D eigenvalue weighted by Crippen LogP contribution is -2.44. The Balaban J connectivity index is 1.77. The van der Waals surface area contributed by atoms with E-state index in [2.05, 4.69) is 59.7 Å². The minimum absolute atomic E-state index is 0.547. The maximum Gasteiger partial charge on any atom is 0.0379 e. The van der Waals surface area contributed by atoms with Crippen LogP contribution in [0.3, 0.4) is 0 Å². The standard InChI is InChI=1S/C19H20N2/c1-21-11-12-5-2-3-6-14(12)19-15-7-4-8-16-18(15)13(10-20-16)9-17(19)21/h2-8,13,17,19-20H,9-11H2,1H3/t13-,17-,19-/m0/s1. The Morgan fingerprint density at radius 1 is 1.05 bits per heavy atom. The van der Waals surface area contributed by atoms with Crippen LogP contribution < -0.4 is 5.32 Å². The molecule has 0 aromatic heterocycles. The molecular weight excluding hydrogens is 256 g/mol. The van der Waals surface area contributed by atoms with Crippen molar-refractivity contribution in [2.75, 3.05) is 18.9 Å². The van der Waals surface area contributed by atoms with Gasteiger partial charge in [0.15, 0.2) is 0 Å². The zero-order valence-electron chi connectivity index (χ0n) is 12.3. The predicted molar refractivity (Wildman–Crippen MR) is 85.8 cm³/mol. The second-order valence-electron chi connectivity index (χ2n) is 6.78. The van der Waals surface area contributed by atoms with Crippen LogP contribution in [0.5, 0.6) is 0 Å². The van der Waals surface area contributed by atoms with E-state index >= 15 is 0 Å². The average Bonchev–Trinajstić information content (AvgIpc) is 2.93. The molecule has 106 valence electrons. The second-order valence-corrected chi connectivity index (χ2v) is 6.78. The molecule has 2 aliphatic heterocycles. The number of nitrogens with one attached hydrogen (secondary N) is 1. The molecule has 0 radical (unpaired) electrons. The number of anilines is 1. The number of benzene rings is 2. The summed E-state index contributed by atoms with van der Waals surface area (Å²) in [6.45, 7) is 2.21. The summed E-state index contributed by atoms with van der Waals surface area (Å²) >= 11 is 0. The Kier molecular flexibility index (Phi) is 2.31. The minimum Gasteiger partial charge on any atom is -0.384 e. The van der Waals surface area contributed by atoms with E-state index in [0.29, 0.717) is 17.9 Å². The molecule has 2 heterocycles. The highest BCUT2D eigenvalue weighted by atomic mass is 15.1. The van der Waals surface area contributed by atoms with Gasteiger partial charge in [0.05, 0.1) is 0 Å². The van der Waals surface area contributed by atoms with E-state index < -0.39 is 0 Å². The van der Waals surface area contributed by atoms with Crippen molar-refractivity contribution in [3.8, 4) is 0 Å². The Morgan fingerprint density at radius 3 is 2.86 bits per heavy atom. The van der Waals surface area contributed by atoms with E-state index in [1.54, 1.807) is 16.7 Å². The fraction of sp³-hybridized carbons (Fsp3) is 0.368. The molecule has 2 aromatic carbocycles. The first-order valence-corrected chi connectivity index (χ1v) is 7.97. The van der Waals surface area contributed by atoms with Crippen LogP contribution in [0.25, 0.3) is 0 Å². The number of rotatable bonds is 0. The van der Waals surface area contributed by atoms with Gasteiger partial charge in [0.1, 0.15) is 0 Å². The topological polar surface area (TPSA) is 15.3 Å². The van der Waals surface area contributed by atoms with Gasteiger partial charge in [-0.25, -0.2) is 0 Å². The van der Waals surface area contributed by atoms with Crippen molar-refractivity contribution in [2.24, 2.45) is 0 Å². The van der Waals surface area contributed by atoms with Gasteiger partial charge in [-0.1, -0.05) is 36.4 Å². The lowest BCUT2D eigenvalue weighted by molar-refractivity contribution is 0.170. The van der Waals surface area contributed by atoms with Crippen molar-refractivity contribution in [3.05, 3.63) is 64.7 Å². The summed E-state index contributed by atoms with van der Waals surface area (Å²) in [5, 5.41) is 3.61. The number of fused-ring (bicyclic) bond motifs is 4. The molecule has 0 spiro atoms. The number of hydrogen-bond donors (Lipinski definition) is 1. The fourth-order valence-electron chi connectivity index (χ4n) is 4.81. The monoisotopic (exact) mass is 276 g/mol. The summed E-state index contributed by atoms with van der Waals surface area (Å²) in [4.78, 5) is 2.57. The van der Waals surface area contributed by atoms with Gasteiger partial charge >= 0.3 is 0 Å². The molecule has 2 aromatic rings. The highest BCUT2D eigenvalue weighted by Crippen LogP contribution is 2.51. The van der Waals surface area contributed by atoms with E-state index in [1.807, 2.05) is 0 Å². The lowest BCUT2D eigenvalue weighted by atomic mass is 9.68. The molecule has 0 saturated heterocycles. The summed E-state index contributed by atoms with van der Waals surface area (Å²) in [5.74, 6) is 1.25. The van der Waals surface area contributed by atoms with Gasteiger partial charge in [0, 0.05) is 36.7 Å². The SMILES string of the molecule is CN1Cc2ccccc2[C@H]2c3cccc4c3[C@H](CN4)C[C@@H]21. The molecule has 2 nitrogen and oxygen atoms in total. The summed E-state index contributed by atoms with van der Waals surface area (Å²) < 4.78 is 0. The molecule has 21 heavy (non-hydrogen) atoms. The van der Waals surface area contributed by atoms with Crippen molar-refractivity contribution < 1.29 is 0 Å². The molecule has 2 heteroatoms. The normalized spacial score (nSPS) is 29.3. The summed E-state index contributed by atoms with van der Waals surface area (Å²) in [6.07, 6.45) is 1.28. The molecule has 0 unspecified atom stereocenters. The van der Waals surface area contributed by atoms with Crippen molar-refractivity contribution >= 4 is 5.69 Å². The molecule has 3 atom stereocenters. The largest absolute Gasteiger partial charge is 0.384 e. The third-order valence-electron chi connectivity index (χ3n) is 5.71. The molecule has 0 amide bonds. The number of likely N-dealkylation sites (N-methyl/N-ethyl adjacent to an activating group) is 1. The summed E-state index contributed by atoms with van der Waals surface area (Å²) in [5.41, 5.74) is 7.60. The maximum atomic E-state index is 3.61. The van der Waals surface area contributed by atoms with Crippen LogP contribution in [0, 0.1) is 0 Å². The van der Waals surface area contributed by atoms with Gasteiger partial charge in [0.25, 0.3) is 0 Å². The summed E-state index contributed by atoms with van der Waals surface area (Å²) in [6, 6.07) is 16.5. The highest BCUT2D eigenvalue weighted by molar-refractivity contribution is 5.65. The van der Waals surface area contributed by atoms with Gasteiger partial charge in [-0.05, 0) is 41.8 Å². The van der Waals surface area contributed by atoms with E-state index in [-0.39, 0.29) is 0 Å². The quantitative estimate of drug-likeness (QED) is 0.791. The highest BCUT2D eigenvalue weighted by Gasteiger charge is 2.43. The smallest absolute Gasteiger partial charge is 0.0379 e. The van der Waals surface area contributed by atoms with Crippen LogP contribution in [0.15, 0.2) is 42.5 Å². The van der Waals surface area contributed by atoms with Crippen LogP contribution in [-0.4, -0.2) is 24.5 Å². The van der Waals surface area contributed by atoms with Gasteiger partial charge in [-0.15, -0.1) is 0 Å². The third kappa shape index (κ3) is 1.51. The first-order chi connectivity index (χ1) is 10.3. The van der Waals surface area contributed by atoms with Crippen molar-refractivity contribution in [1.82, 2.24) is 4.90 Å². The van der Waals surface area contributed by atoms with Gasteiger partial charge < -0.3 is 5.32 Å². The average molecular weight is 276 g/mol. The molecule has 0 fully saturated rings. The Morgan fingerprint density at radius 2 is 1.90 bits per heavy atom. The van der Waals surface area contributed by atoms with Crippen LogP contribution >= 0.6 is 0 Å². The molecule has 1 N–H and O–H groups in total. The first kappa shape index (κ1) is 11.8. The van der Waals surface area contributed by atoms with Crippen molar-refractivity contribution in [2.45, 2.75) is 30.8 Å². The van der Waals surface area contributed by atoms with Gasteiger partial charge in [-0.3, -0.25) is 4.90 Å². The lowest BCUT2D eigenvalue weighted by Gasteiger charge is -2.45. The predicted octanol–water partition coefficient (Wildman–Crippen LogP) is 3.55. The van der Waals surface area contributed by atoms with Crippen LogP contribution in [0.2, 0.25) is 0 Å². The maximum absolute atomic E-state index is 3.61. The first-order valence-electron chi connectivity index (χ1n) is 7.97. The van der Waals surface area contributed by atoms with Gasteiger partial charge in [0.2, 0.25) is 0 Å². The number of nitrogens with zero attached hydrogens (tertiary/aromatic N) is 1. The molecular formula is C19H20N2. The zero-order valence-corrected chi connectivity index (χ0v) is 12.3. The van der Waals surface area contributed by atoms with Crippen LogP contribution in [-0.2, 0) is 6.54 Å². The Hall–Kier alpha value is -1.80. The van der Waals surface area contributed by atoms with Crippen LogP contribution in [0.4, 0.5) is 5.69 Å². The molecule has 1 aliphatic carbocycles. The van der Waals surface area contributed by atoms with Crippen LogP contribution in [0.1, 0.15) is 40.5 Å². The zero-order chi connectivity index (χ0) is 14.0. The van der Waals surface area contributed by atoms with E-state index in [0.717, 1.165) is 13.1 Å². The number of hydrogen-bond acceptors (Lipinski definition) is 2. The Bertz CT molecular complexity index is 721. The molecule has 3 aliphatic rings. The van der Waals surface area contributed by atoms with E-state index in [9.17, 15) is 0 Å². The Labute approximate surface area is 125 Å². The molecule has 0 bridgehead atoms. The summed E-state index contributed by atoms with van der Waals surface area (Å²) in [7, 11) is 2.30.